The molecule has 0 saturated carbocycles. The molecule has 0 aliphatic carbocycles. The maximum absolute atomic E-state index is 13.0. The largest absolute Gasteiger partial charge is 0.482 e. The van der Waals surface area contributed by atoms with Crippen LogP contribution in [0.5, 0.6) is 5.75 Å². The minimum Gasteiger partial charge on any atom is -0.482 e. The first kappa shape index (κ1) is 22.0. The summed E-state index contributed by atoms with van der Waals surface area (Å²) in [7, 11) is 0. The summed E-state index contributed by atoms with van der Waals surface area (Å²) in [4.78, 5) is 32.0. The van der Waals surface area contributed by atoms with Crippen LogP contribution in [0, 0.1) is 0 Å². The minimum absolute atomic E-state index is 0.0908. The molecule has 0 radical (unpaired) electrons. The summed E-state index contributed by atoms with van der Waals surface area (Å²) in [6, 6.07) is 12.7. The Labute approximate surface area is 192 Å². The quantitative estimate of drug-likeness (QED) is 0.546. The maximum Gasteiger partial charge on any atom is 0.265 e. The van der Waals surface area contributed by atoms with Crippen molar-refractivity contribution in [3.63, 3.8) is 0 Å². The number of carbonyl (C=O) groups is 2. The molecule has 166 valence electrons. The lowest BCUT2D eigenvalue weighted by Crippen LogP contribution is -2.49. The smallest absolute Gasteiger partial charge is 0.265 e. The number of carbonyl (C=O) groups excluding carboxylic acids is 2. The Balaban J connectivity index is 1.59. The van der Waals surface area contributed by atoms with Crippen molar-refractivity contribution in [2.24, 2.45) is 0 Å². The minimum atomic E-state index is -0.697. The second kappa shape index (κ2) is 9.53. The fourth-order valence-electron chi connectivity index (χ4n) is 3.71. The first-order chi connectivity index (χ1) is 15.5. The zero-order chi connectivity index (χ0) is 22.7. The van der Waals surface area contributed by atoms with Gasteiger partial charge >= 0.3 is 0 Å². The number of ether oxygens (including phenoxy) is 1. The van der Waals surface area contributed by atoms with E-state index in [0.717, 1.165) is 35.5 Å². The van der Waals surface area contributed by atoms with E-state index in [0.29, 0.717) is 17.1 Å². The lowest BCUT2D eigenvalue weighted by Gasteiger charge is -2.33. The molecule has 32 heavy (non-hydrogen) atoms. The Bertz CT molecular complexity index is 1120. The van der Waals surface area contributed by atoms with Gasteiger partial charge in [0.1, 0.15) is 11.8 Å². The third kappa shape index (κ3) is 4.53. The molecule has 1 N–H and O–H groups in total. The molecule has 1 atom stereocenters. The van der Waals surface area contributed by atoms with Gasteiger partial charge in [-0.1, -0.05) is 26.0 Å². The summed E-state index contributed by atoms with van der Waals surface area (Å²) < 4.78 is 5.63. The van der Waals surface area contributed by atoms with Gasteiger partial charge in [0.15, 0.2) is 6.61 Å². The van der Waals surface area contributed by atoms with Crippen molar-refractivity contribution >= 4 is 34.5 Å². The average molecular weight is 450 g/mol. The summed E-state index contributed by atoms with van der Waals surface area (Å²) >= 11 is 1.64. The van der Waals surface area contributed by atoms with Crippen LogP contribution in [0.3, 0.4) is 0 Å². The lowest BCUT2D eigenvalue weighted by atomic mass is 10.1. The Hall–Kier alpha value is -3.19. The maximum atomic E-state index is 13.0. The Morgan fingerprint density at radius 2 is 2.00 bits per heavy atom. The highest BCUT2D eigenvalue weighted by Crippen LogP contribution is 2.37. The van der Waals surface area contributed by atoms with E-state index in [9.17, 15) is 9.59 Å². The molecule has 0 saturated heterocycles. The Kier molecular flexibility index (Phi) is 6.55. The van der Waals surface area contributed by atoms with Gasteiger partial charge in [-0.2, -0.15) is 0 Å². The molecule has 1 aliphatic heterocycles. The first-order valence-corrected chi connectivity index (χ1v) is 11.8. The molecule has 4 rings (SSSR count). The van der Waals surface area contributed by atoms with E-state index < -0.39 is 6.04 Å². The van der Waals surface area contributed by atoms with E-state index in [4.69, 9.17) is 9.72 Å². The molecule has 2 amide bonds. The SMILES string of the molecule is CCCc1nc(-c2ccc3c(c2)N(C(C)C(=O)Nc2ccc(CC)cc2)C(=O)CO3)cs1. The monoisotopic (exact) mass is 449 g/mol. The fourth-order valence-corrected chi connectivity index (χ4v) is 4.62. The number of hydrogen-bond acceptors (Lipinski definition) is 5. The van der Waals surface area contributed by atoms with E-state index in [1.807, 2.05) is 47.8 Å². The average Bonchev–Trinajstić information content (AvgIpc) is 3.27. The summed E-state index contributed by atoms with van der Waals surface area (Å²) in [6.45, 7) is 5.86. The number of nitrogens with one attached hydrogen (secondary N) is 1. The van der Waals surface area contributed by atoms with Crippen molar-refractivity contribution < 1.29 is 14.3 Å². The van der Waals surface area contributed by atoms with Gasteiger partial charge in [0, 0.05) is 16.6 Å². The third-order valence-corrected chi connectivity index (χ3v) is 6.45. The topological polar surface area (TPSA) is 71.5 Å². The van der Waals surface area contributed by atoms with Crippen LogP contribution in [0.15, 0.2) is 47.8 Å². The number of nitrogens with zero attached hydrogens (tertiary/aromatic N) is 2. The molecule has 2 aromatic carbocycles. The van der Waals surface area contributed by atoms with E-state index in [2.05, 4.69) is 19.2 Å². The van der Waals surface area contributed by atoms with E-state index in [1.165, 1.54) is 10.5 Å². The molecule has 1 aliphatic rings. The summed E-state index contributed by atoms with van der Waals surface area (Å²) in [5.74, 6) is 0.0904. The van der Waals surface area contributed by atoms with Crippen LogP contribution in [0.1, 0.15) is 37.8 Å². The van der Waals surface area contributed by atoms with E-state index in [1.54, 1.807) is 18.3 Å². The lowest BCUT2D eigenvalue weighted by molar-refractivity contribution is -0.125. The van der Waals surface area contributed by atoms with Gasteiger partial charge in [-0.05, 0) is 62.1 Å². The number of anilines is 2. The Morgan fingerprint density at radius 3 is 2.72 bits per heavy atom. The second-order valence-corrected chi connectivity index (χ2v) is 8.77. The predicted molar refractivity (Wildman–Crippen MR) is 128 cm³/mol. The number of fused-ring (bicyclic) bond motifs is 1. The number of rotatable bonds is 7. The van der Waals surface area contributed by atoms with Gasteiger partial charge in [-0.3, -0.25) is 14.5 Å². The fraction of sp³-hybridized carbons (Fsp3) is 0.320. The number of amides is 2. The Morgan fingerprint density at radius 1 is 1.22 bits per heavy atom. The van der Waals surface area contributed by atoms with Gasteiger partial charge in [-0.15, -0.1) is 11.3 Å². The van der Waals surface area contributed by atoms with Crippen molar-refractivity contribution in [2.45, 2.75) is 46.1 Å². The number of hydrogen-bond donors (Lipinski definition) is 1. The van der Waals surface area contributed by atoms with Crippen LogP contribution in [0.4, 0.5) is 11.4 Å². The van der Waals surface area contributed by atoms with Crippen LogP contribution in [0.2, 0.25) is 0 Å². The van der Waals surface area contributed by atoms with Crippen molar-refractivity contribution in [2.75, 3.05) is 16.8 Å². The van der Waals surface area contributed by atoms with Crippen molar-refractivity contribution in [1.29, 1.82) is 0 Å². The molecular formula is C25H27N3O3S. The van der Waals surface area contributed by atoms with Crippen molar-refractivity contribution in [3.8, 4) is 17.0 Å². The van der Waals surface area contributed by atoms with Gasteiger partial charge in [0.2, 0.25) is 5.91 Å². The third-order valence-electron chi connectivity index (χ3n) is 5.55. The van der Waals surface area contributed by atoms with Gasteiger partial charge in [0.05, 0.1) is 16.4 Å². The highest BCUT2D eigenvalue weighted by atomic mass is 32.1. The summed E-state index contributed by atoms with van der Waals surface area (Å²) in [6.07, 6.45) is 2.92. The van der Waals surface area contributed by atoms with Crippen molar-refractivity contribution in [3.05, 3.63) is 58.4 Å². The van der Waals surface area contributed by atoms with Crippen LogP contribution in [-0.2, 0) is 22.4 Å². The number of thiazole rings is 1. The summed E-state index contributed by atoms with van der Waals surface area (Å²) in [5.41, 5.74) is 4.26. The predicted octanol–water partition coefficient (Wildman–Crippen LogP) is 5.08. The zero-order valence-corrected chi connectivity index (χ0v) is 19.4. The highest BCUT2D eigenvalue weighted by Gasteiger charge is 2.33. The van der Waals surface area contributed by atoms with Crippen LogP contribution >= 0.6 is 11.3 Å². The molecular weight excluding hydrogens is 422 g/mol. The van der Waals surface area contributed by atoms with Crippen LogP contribution in [0.25, 0.3) is 11.3 Å². The normalized spacial score (nSPS) is 14.0. The van der Waals surface area contributed by atoms with Crippen LogP contribution in [-0.4, -0.2) is 29.4 Å². The molecule has 0 fully saturated rings. The molecule has 3 aromatic rings. The molecule has 1 unspecified atom stereocenters. The second-order valence-electron chi connectivity index (χ2n) is 7.83. The molecule has 6 nitrogen and oxygen atoms in total. The molecule has 2 heterocycles. The van der Waals surface area contributed by atoms with Crippen LogP contribution < -0.4 is 15.0 Å². The number of benzene rings is 2. The molecule has 0 spiro atoms. The zero-order valence-electron chi connectivity index (χ0n) is 18.6. The van der Waals surface area contributed by atoms with E-state index in [-0.39, 0.29) is 18.4 Å². The van der Waals surface area contributed by atoms with Gasteiger partial charge in [0.25, 0.3) is 5.91 Å². The van der Waals surface area contributed by atoms with Gasteiger partial charge < -0.3 is 10.1 Å². The van der Waals surface area contributed by atoms with E-state index >= 15 is 0 Å². The summed E-state index contributed by atoms with van der Waals surface area (Å²) in [5, 5.41) is 6.04. The standard InChI is InChI=1S/C25H27N3O3S/c1-4-6-23-27-20(15-32-23)18-9-12-22-21(13-18)28(24(29)14-31-22)16(3)25(30)26-19-10-7-17(5-2)8-11-19/h7-13,15-16H,4-6,14H2,1-3H3,(H,26,30). The molecule has 1 aromatic heterocycles. The first-order valence-electron chi connectivity index (χ1n) is 10.9. The molecule has 7 heteroatoms. The van der Waals surface area contributed by atoms with Crippen molar-refractivity contribution in [1.82, 2.24) is 4.98 Å². The number of aryl methyl sites for hydroxylation is 2. The van der Waals surface area contributed by atoms with Gasteiger partial charge in [-0.25, -0.2) is 4.98 Å². The highest BCUT2D eigenvalue weighted by molar-refractivity contribution is 7.09. The molecule has 0 bridgehead atoms. The number of aromatic nitrogens is 1.